The number of rotatable bonds is 4. The average molecular weight is 276 g/mol. The Morgan fingerprint density at radius 2 is 2.16 bits per heavy atom. The van der Waals surface area contributed by atoms with E-state index >= 15 is 0 Å². The van der Waals surface area contributed by atoms with Gasteiger partial charge in [-0.15, -0.1) is 11.6 Å². The molecule has 0 fully saturated rings. The Morgan fingerprint density at radius 1 is 1.42 bits per heavy atom. The van der Waals surface area contributed by atoms with Crippen LogP contribution in [0.15, 0.2) is 18.2 Å². The van der Waals surface area contributed by atoms with E-state index < -0.39 is 0 Å². The number of aromatic nitrogens is 2. The Morgan fingerprint density at radius 3 is 2.74 bits per heavy atom. The predicted molar refractivity (Wildman–Crippen MR) is 78.3 cm³/mol. The van der Waals surface area contributed by atoms with Crippen molar-refractivity contribution in [3.63, 3.8) is 0 Å². The molecule has 0 aliphatic rings. The molecule has 2 unspecified atom stereocenters. The SMILES string of the molecule is CCCC(C)n1c(C(C)Cl)nc2c(C#N)cccc21. The van der Waals surface area contributed by atoms with Crippen molar-refractivity contribution < 1.29 is 0 Å². The molecule has 4 heteroatoms. The van der Waals surface area contributed by atoms with E-state index in [9.17, 15) is 5.26 Å². The third kappa shape index (κ3) is 2.46. The first kappa shape index (κ1) is 13.9. The van der Waals surface area contributed by atoms with Gasteiger partial charge in [-0.2, -0.15) is 5.26 Å². The molecule has 2 atom stereocenters. The van der Waals surface area contributed by atoms with E-state index in [1.165, 1.54) is 0 Å². The van der Waals surface area contributed by atoms with Crippen molar-refractivity contribution in [2.45, 2.75) is 45.0 Å². The summed E-state index contributed by atoms with van der Waals surface area (Å²) in [5.74, 6) is 0.848. The first-order valence-corrected chi connectivity index (χ1v) is 7.08. The van der Waals surface area contributed by atoms with Crippen LogP contribution in [0.25, 0.3) is 11.0 Å². The maximum absolute atomic E-state index is 9.18. The van der Waals surface area contributed by atoms with E-state index in [4.69, 9.17) is 11.6 Å². The van der Waals surface area contributed by atoms with Crippen LogP contribution < -0.4 is 0 Å². The lowest BCUT2D eigenvalue weighted by molar-refractivity contribution is 0.494. The van der Waals surface area contributed by atoms with Crippen LogP contribution in [0.3, 0.4) is 0 Å². The van der Waals surface area contributed by atoms with E-state index in [0.29, 0.717) is 11.6 Å². The minimum absolute atomic E-state index is 0.168. The second-order valence-electron chi connectivity index (χ2n) is 4.88. The molecule has 3 nitrogen and oxygen atoms in total. The molecule has 0 spiro atoms. The summed E-state index contributed by atoms with van der Waals surface area (Å²) in [6.45, 7) is 6.26. The lowest BCUT2D eigenvalue weighted by Gasteiger charge is -2.17. The molecule has 0 aliphatic carbocycles. The van der Waals surface area contributed by atoms with Crippen LogP contribution in [0.1, 0.15) is 56.4 Å². The van der Waals surface area contributed by atoms with Gasteiger partial charge >= 0.3 is 0 Å². The van der Waals surface area contributed by atoms with E-state index in [0.717, 1.165) is 29.7 Å². The van der Waals surface area contributed by atoms with Gasteiger partial charge in [-0.1, -0.05) is 19.4 Å². The van der Waals surface area contributed by atoms with Crippen molar-refractivity contribution >= 4 is 22.6 Å². The second-order valence-corrected chi connectivity index (χ2v) is 5.53. The van der Waals surface area contributed by atoms with Crippen molar-refractivity contribution in [3.05, 3.63) is 29.6 Å². The minimum Gasteiger partial charge on any atom is -0.324 e. The van der Waals surface area contributed by atoms with Crippen molar-refractivity contribution in [3.8, 4) is 6.07 Å². The smallest absolute Gasteiger partial charge is 0.128 e. The fourth-order valence-corrected chi connectivity index (χ4v) is 2.67. The van der Waals surface area contributed by atoms with Gasteiger partial charge in [-0.25, -0.2) is 4.98 Å². The molecular weight excluding hydrogens is 258 g/mol. The Hall–Kier alpha value is -1.53. The third-order valence-electron chi connectivity index (χ3n) is 3.37. The Labute approximate surface area is 118 Å². The largest absolute Gasteiger partial charge is 0.324 e. The highest BCUT2D eigenvalue weighted by Crippen LogP contribution is 2.30. The van der Waals surface area contributed by atoms with Crippen LogP contribution in [0.4, 0.5) is 0 Å². The summed E-state index contributed by atoms with van der Waals surface area (Å²) in [6, 6.07) is 8.25. The fraction of sp³-hybridized carbons (Fsp3) is 0.467. The van der Waals surface area contributed by atoms with Crippen LogP contribution in [0, 0.1) is 11.3 Å². The van der Waals surface area contributed by atoms with Gasteiger partial charge in [0.15, 0.2) is 0 Å². The van der Waals surface area contributed by atoms with Crippen molar-refractivity contribution in [1.29, 1.82) is 5.26 Å². The second kappa shape index (κ2) is 5.63. The van der Waals surface area contributed by atoms with E-state index in [2.05, 4.69) is 29.5 Å². The number of hydrogen-bond acceptors (Lipinski definition) is 2. The molecule has 0 saturated heterocycles. The predicted octanol–water partition coefficient (Wildman–Crippen LogP) is 4.57. The summed E-state index contributed by atoms with van der Waals surface area (Å²) in [6.07, 6.45) is 2.17. The molecule has 0 saturated carbocycles. The number of para-hydroxylation sites is 1. The zero-order valence-electron chi connectivity index (χ0n) is 11.5. The van der Waals surface area contributed by atoms with Crippen molar-refractivity contribution in [1.82, 2.24) is 9.55 Å². The number of benzene rings is 1. The molecule has 1 aromatic carbocycles. The molecule has 0 amide bonds. The number of alkyl halides is 1. The van der Waals surface area contributed by atoms with Gasteiger partial charge in [-0.05, 0) is 32.4 Å². The number of halogens is 1. The van der Waals surface area contributed by atoms with Gasteiger partial charge in [0.1, 0.15) is 17.4 Å². The number of imidazole rings is 1. The lowest BCUT2D eigenvalue weighted by atomic mass is 10.1. The first-order chi connectivity index (χ1) is 9.10. The van der Waals surface area contributed by atoms with Gasteiger partial charge in [0, 0.05) is 6.04 Å². The maximum Gasteiger partial charge on any atom is 0.128 e. The van der Waals surface area contributed by atoms with Crippen LogP contribution in [-0.2, 0) is 0 Å². The van der Waals surface area contributed by atoms with Gasteiger partial charge in [0.25, 0.3) is 0 Å². The zero-order chi connectivity index (χ0) is 14.0. The maximum atomic E-state index is 9.18. The topological polar surface area (TPSA) is 41.6 Å². The minimum atomic E-state index is -0.168. The summed E-state index contributed by atoms with van der Waals surface area (Å²) >= 11 is 6.25. The molecule has 0 radical (unpaired) electrons. The number of nitrogens with zero attached hydrogens (tertiary/aromatic N) is 3. The average Bonchev–Trinajstić information content (AvgIpc) is 2.78. The molecule has 2 aromatic rings. The zero-order valence-corrected chi connectivity index (χ0v) is 12.3. The quantitative estimate of drug-likeness (QED) is 0.767. The molecule has 100 valence electrons. The number of fused-ring (bicyclic) bond motifs is 1. The van der Waals surface area contributed by atoms with Crippen LogP contribution in [0.2, 0.25) is 0 Å². The highest BCUT2D eigenvalue weighted by Gasteiger charge is 2.20. The Balaban J connectivity index is 2.72. The standard InChI is InChI=1S/C15H18ClN3/c1-4-6-10(2)19-13-8-5-7-12(9-17)14(13)18-15(19)11(3)16/h5,7-8,10-11H,4,6H2,1-3H3. The normalized spacial score (nSPS) is 14.3. The molecule has 0 aliphatic heterocycles. The van der Waals surface area contributed by atoms with Crippen molar-refractivity contribution in [2.24, 2.45) is 0 Å². The molecule has 2 rings (SSSR count). The van der Waals surface area contributed by atoms with Crippen LogP contribution >= 0.6 is 11.6 Å². The molecular formula is C15H18ClN3. The van der Waals surface area contributed by atoms with Crippen molar-refractivity contribution in [2.75, 3.05) is 0 Å². The van der Waals surface area contributed by atoms with Gasteiger partial charge in [0.05, 0.1) is 16.5 Å². The summed E-state index contributed by atoms with van der Waals surface area (Å²) in [7, 11) is 0. The molecule has 0 N–H and O–H groups in total. The van der Waals surface area contributed by atoms with Crippen LogP contribution in [-0.4, -0.2) is 9.55 Å². The fourth-order valence-electron chi connectivity index (χ4n) is 2.52. The molecule has 0 bridgehead atoms. The lowest BCUT2D eigenvalue weighted by Crippen LogP contribution is -2.09. The summed E-state index contributed by atoms with van der Waals surface area (Å²) in [4.78, 5) is 4.59. The first-order valence-electron chi connectivity index (χ1n) is 6.65. The molecule has 1 aromatic heterocycles. The highest BCUT2D eigenvalue weighted by molar-refractivity contribution is 6.20. The summed E-state index contributed by atoms with van der Waals surface area (Å²) in [5, 5.41) is 9.02. The summed E-state index contributed by atoms with van der Waals surface area (Å²) in [5.41, 5.74) is 2.37. The third-order valence-corrected chi connectivity index (χ3v) is 3.57. The number of nitriles is 1. The van der Waals surface area contributed by atoms with E-state index in [1.54, 1.807) is 6.07 Å². The number of hydrogen-bond donors (Lipinski definition) is 0. The van der Waals surface area contributed by atoms with Gasteiger partial charge in [0.2, 0.25) is 0 Å². The molecule has 19 heavy (non-hydrogen) atoms. The summed E-state index contributed by atoms with van der Waals surface area (Å²) < 4.78 is 2.18. The molecule has 1 heterocycles. The van der Waals surface area contributed by atoms with E-state index in [1.807, 2.05) is 19.1 Å². The van der Waals surface area contributed by atoms with Crippen LogP contribution in [0.5, 0.6) is 0 Å². The Kier molecular flexibility index (Phi) is 4.11. The highest BCUT2D eigenvalue weighted by atomic mass is 35.5. The Bertz CT molecular complexity index is 622. The monoisotopic (exact) mass is 275 g/mol. The van der Waals surface area contributed by atoms with Gasteiger partial charge in [-0.3, -0.25) is 0 Å². The van der Waals surface area contributed by atoms with Gasteiger partial charge < -0.3 is 4.57 Å². The van der Waals surface area contributed by atoms with E-state index in [-0.39, 0.29) is 5.38 Å².